The van der Waals surface area contributed by atoms with E-state index in [2.05, 4.69) is 12.6 Å². The van der Waals surface area contributed by atoms with E-state index in [1.807, 2.05) is 6.08 Å². The third kappa shape index (κ3) is 3.08. The van der Waals surface area contributed by atoms with E-state index in [9.17, 15) is 0 Å². The van der Waals surface area contributed by atoms with Crippen molar-refractivity contribution in [3.05, 3.63) is 12.7 Å². The standard InChI is InChI=1S/C14H21NO2/c1-2-6-12-11-13(7-10-15)17-14(16-12)8-4-3-5-9-14/h2,12-13H,1,3-9,11H2/t12-,13+/m1/s1. The summed E-state index contributed by atoms with van der Waals surface area (Å²) in [4.78, 5) is 0. The van der Waals surface area contributed by atoms with Crippen molar-refractivity contribution in [2.24, 2.45) is 0 Å². The van der Waals surface area contributed by atoms with Gasteiger partial charge < -0.3 is 9.47 Å². The van der Waals surface area contributed by atoms with Gasteiger partial charge in [0.15, 0.2) is 5.79 Å². The Kier molecular flexibility index (Phi) is 4.20. The molecule has 1 aliphatic heterocycles. The van der Waals surface area contributed by atoms with Crippen LogP contribution < -0.4 is 0 Å². The summed E-state index contributed by atoms with van der Waals surface area (Å²) in [6, 6.07) is 2.22. The molecule has 1 aliphatic carbocycles. The molecule has 0 aromatic rings. The summed E-state index contributed by atoms with van der Waals surface area (Å²) in [6.07, 6.45) is 9.81. The minimum Gasteiger partial charge on any atom is -0.346 e. The zero-order valence-electron chi connectivity index (χ0n) is 10.4. The first-order valence-electron chi connectivity index (χ1n) is 6.61. The second-order valence-corrected chi connectivity index (χ2v) is 5.07. The molecule has 0 unspecified atom stereocenters. The van der Waals surface area contributed by atoms with Gasteiger partial charge in [0, 0.05) is 19.3 Å². The summed E-state index contributed by atoms with van der Waals surface area (Å²) in [5.41, 5.74) is 0. The highest BCUT2D eigenvalue weighted by atomic mass is 16.7. The molecule has 2 atom stereocenters. The SMILES string of the molecule is C=CC[C@@H]1C[C@H](CC#N)OC2(CCCCC2)O1. The predicted octanol–water partition coefficient (Wildman–Crippen LogP) is 3.31. The first-order chi connectivity index (χ1) is 8.28. The van der Waals surface area contributed by atoms with Crippen LogP contribution in [0.3, 0.4) is 0 Å². The molecule has 0 N–H and O–H groups in total. The van der Waals surface area contributed by atoms with E-state index in [4.69, 9.17) is 14.7 Å². The van der Waals surface area contributed by atoms with Crippen LogP contribution in [-0.2, 0) is 9.47 Å². The lowest BCUT2D eigenvalue weighted by atomic mass is 9.91. The van der Waals surface area contributed by atoms with Crippen LogP contribution in [0.25, 0.3) is 0 Å². The van der Waals surface area contributed by atoms with Gasteiger partial charge in [-0.3, -0.25) is 0 Å². The molecular formula is C14H21NO2. The molecule has 3 heteroatoms. The van der Waals surface area contributed by atoms with Gasteiger partial charge in [0.05, 0.1) is 24.7 Å². The van der Waals surface area contributed by atoms with Gasteiger partial charge in [-0.25, -0.2) is 0 Å². The summed E-state index contributed by atoms with van der Waals surface area (Å²) in [7, 11) is 0. The minimum absolute atomic E-state index is 0.0387. The van der Waals surface area contributed by atoms with E-state index in [0.717, 1.165) is 25.7 Å². The highest BCUT2D eigenvalue weighted by Gasteiger charge is 2.42. The fourth-order valence-corrected chi connectivity index (χ4v) is 2.91. The highest BCUT2D eigenvalue weighted by molar-refractivity contribution is 4.90. The number of nitrogens with zero attached hydrogens (tertiary/aromatic N) is 1. The maximum Gasteiger partial charge on any atom is 0.169 e. The number of nitriles is 1. The van der Waals surface area contributed by atoms with Crippen molar-refractivity contribution in [3.8, 4) is 6.07 Å². The Labute approximate surface area is 103 Å². The molecule has 1 heterocycles. The van der Waals surface area contributed by atoms with Crippen molar-refractivity contribution in [2.75, 3.05) is 0 Å². The maximum absolute atomic E-state index is 8.83. The van der Waals surface area contributed by atoms with E-state index in [-0.39, 0.29) is 12.2 Å². The second kappa shape index (κ2) is 5.66. The number of rotatable bonds is 3. The summed E-state index contributed by atoms with van der Waals surface area (Å²) in [6.45, 7) is 3.77. The topological polar surface area (TPSA) is 42.2 Å². The van der Waals surface area contributed by atoms with E-state index in [1.165, 1.54) is 19.3 Å². The van der Waals surface area contributed by atoms with Crippen LogP contribution in [0.15, 0.2) is 12.7 Å². The molecule has 1 spiro atoms. The van der Waals surface area contributed by atoms with Crippen LogP contribution in [0.4, 0.5) is 0 Å². The molecule has 0 radical (unpaired) electrons. The molecule has 0 bridgehead atoms. The maximum atomic E-state index is 8.83. The molecule has 3 nitrogen and oxygen atoms in total. The van der Waals surface area contributed by atoms with Crippen molar-refractivity contribution in [1.29, 1.82) is 5.26 Å². The van der Waals surface area contributed by atoms with Gasteiger partial charge in [-0.05, 0) is 19.3 Å². The van der Waals surface area contributed by atoms with Gasteiger partial charge >= 0.3 is 0 Å². The summed E-state index contributed by atoms with van der Waals surface area (Å²) in [5.74, 6) is -0.397. The lowest BCUT2D eigenvalue weighted by molar-refractivity contribution is -0.327. The number of ether oxygens (including phenoxy) is 2. The molecule has 0 aromatic carbocycles. The Bertz CT molecular complexity index is 302. The molecular weight excluding hydrogens is 214 g/mol. The molecule has 2 aliphatic rings. The van der Waals surface area contributed by atoms with Crippen LogP contribution in [0, 0.1) is 11.3 Å². The van der Waals surface area contributed by atoms with Crippen LogP contribution in [0.5, 0.6) is 0 Å². The highest BCUT2D eigenvalue weighted by Crippen LogP contribution is 2.40. The Hall–Kier alpha value is -0.850. The van der Waals surface area contributed by atoms with Gasteiger partial charge in [0.1, 0.15) is 0 Å². The first-order valence-corrected chi connectivity index (χ1v) is 6.61. The van der Waals surface area contributed by atoms with Crippen molar-refractivity contribution in [3.63, 3.8) is 0 Å². The monoisotopic (exact) mass is 235 g/mol. The van der Waals surface area contributed by atoms with Crippen LogP contribution >= 0.6 is 0 Å². The second-order valence-electron chi connectivity index (χ2n) is 5.07. The Morgan fingerprint density at radius 1 is 1.24 bits per heavy atom. The fourth-order valence-electron chi connectivity index (χ4n) is 2.91. The average molecular weight is 235 g/mol. The normalized spacial score (nSPS) is 31.9. The third-order valence-corrected chi connectivity index (χ3v) is 3.65. The van der Waals surface area contributed by atoms with Gasteiger partial charge in [-0.2, -0.15) is 5.26 Å². The van der Waals surface area contributed by atoms with Crippen molar-refractivity contribution < 1.29 is 9.47 Å². The quantitative estimate of drug-likeness (QED) is 0.705. The number of hydrogen-bond donors (Lipinski definition) is 0. The van der Waals surface area contributed by atoms with Crippen LogP contribution in [0.2, 0.25) is 0 Å². The Morgan fingerprint density at radius 3 is 2.59 bits per heavy atom. The molecule has 1 saturated carbocycles. The van der Waals surface area contributed by atoms with Crippen LogP contribution in [-0.4, -0.2) is 18.0 Å². The third-order valence-electron chi connectivity index (χ3n) is 3.65. The van der Waals surface area contributed by atoms with E-state index < -0.39 is 5.79 Å². The molecule has 0 aromatic heterocycles. The molecule has 17 heavy (non-hydrogen) atoms. The first kappa shape index (κ1) is 12.6. The van der Waals surface area contributed by atoms with Crippen molar-refractivity contribution >= 4 is 0 Å². The molecule has 2 fully saturated rings. The van der Waals surface area contributed by atoms with Crippen molar-refractivity contribution in [2.45, 2.75) is 69.4 Å². The molecule has 1 saturated heterocycles. The number of hydrogen-bond acceptors (Lipinski definition) is 3. The lowest BCUT2D eigenvalue weighted by Gasteiger charge is -2.46. The summed E-state index contributed by atoms with van der Waals surface area (Å²) >= 11 is 0. The Morgan fingerprint density at radius 2 is 1.94 bits per heavy atom. The zero-order chi connectivity index (χ0) is 12.1. The largest absolute Gasteiger partial charge is 0.346 e. The lowest BCUT2D eigenvalue weighted by Crippen LogP contribution is -2.49. The van der Waals surface area contributed by atoms with Gasteiger partial charge in [0.25, 0.3) is 0 Å². The molecule has 94 valence electrons. The van der Waals surface area contributed by atoms with Gasteiger partial charge in [-0.1, -0.05) is 12.5 Å². The van der Waals surface area contributed by atoms with E-state index >= 15 is 0 Å². The predicted molar refractivity (Wildman–Crippen MR) is 65.2 cm³/mol. The van der Waals surface area contributed by atoms with Crippen molar-refractivity contribution in [1.82, 2.24) is 0 Å². The van der Waals surface area contributed by atoms with Crippen LogP contribution in [0.1, 0.15) is 51.4 Å². The Balaban J connectivity index is 2.04. The smallest absolute Gasteiger partial charge is 0.169 e. The molecule has 2 rings (SSSR count). The summed E-state index contributed by atoms with van der Waals surface area (Å²) in [5, 5.41) is 8.83. The zero-order valence-corrected chi connectivity index (χ0v) is 10.4. The minimum atomic E-state index is -0.397. The van der Waals surface area contributed by atoms with E-state index in [1.54, 1.807) is 0 Å². The molecule has 0 amide bonds. The fraction of sp³-hybridized carbons (Fsp3) is 0.786. The summed E-state index contributed by atoms with van der Waals surface area (Å²) < 4.78 is 12.2. The van der Waals surface area contributed by atoms with Gasteiger partial charge in [-0.15, -0.1) is 6.58 Å². The van der Waals surface area contributed by atoms with Gasteiger partial charge in [0.2, 0.25) is 0 Å². The average Bonchev–Trinajstić information content (AvgIpc) is 2.30. The van der Waals surface area contributed by atoms with E-state index in [0.29, 0.717) is 6.42 Å².